The predicted octanol–water partition coefficient (Wildman–Crippen LogP) is 2.50. The van der Waals surface area contributed by atoms with Crippen LogP contribution in [0, 0.1) is 18.7 Å². The van der Waals surface area contributed by atoms with Gasteiger partial charge >= 0.3 is 0 Å². The number of benzene rings is 1. The maximum atomic E-state index is 13.5. The number of aromatic nitrogens is 1. The van der Waals surface area contributed by atoms with Crippen LogP contribution in [0.4, 0.5) is 20.2 Å². The Morgan fingerprint density at radius 1 is 1.32 bits per heavy atom. The number of nitrogens with zero attached hydrogens (tertiary/aromatic N) is 1. The van der Waals surface area contributed by atoms with Crippen molar-refractivity contribution in [3.63, 3.8) is 0 Å². The summed E-state index contributed by atoms with van der Waals surface area (Å²) >= 11 is 0. The number of halogens is 2. The van der Waals surface area contributed by atoms with E-state index in [0.29, 0.717) is 11.3 Å². The van der Waals surface area contributed by atoms with Gasteiger partial charge in [-0.2, -0.15) is 4.39 Å². The van der Waals surface area contributed by atoms with Gasteiger partial charge in [-0.15, -0.1) is 0 Å². The van der Waals surface area contributed by atoms with Gasteiger partial charge in [0, 0.05) is 16.8 Å². The topological polar surface area (TPSA) is 68.0 Å². The quantitative estimate of drug-likeness (QED) is 0.646. The molecule has 2 rings (SSSR count). The summed E-state index contributed by atoms with van der Waals surface area (Å²) in [6.45, 7) is 1.52. The van der Waals surface area contributed by atoms with Gasteiger partial charge in [0.05, 0.1) is 11.9 Å². The van der Waals surface area contributed by atoms with Gasteiger partial charge in [0.15, 0.2) is 0 Å². The molecule has 0 radical (unpaired) electrons. The first-order valence-corrected chi connectivity index (χ1v) is 5.46. The number of pyridine rings is 1. The third kappa shape index (κ3) is 2.85. The molecule has 6 heteroatoms. The highest BCUT2D eigenvalue weighted by Crippen LogP contribution is 2.18. The third-order valence-corrected chi connectivity index (χ3v) is 2.63. The zero-order valence-corrected chi connectivity index (χ0v) is 10.1. The minimum Gasteiger partial charge on any atom is -0.398 e. The Kier molecular flexibility index (Phi) is 3.41. The summed E-state index contributed by atoms with van der Waals surface area (Å²) in [6.07, 6.45) is 1.17. The summed E-state index contributed by atoms with van der Waals surface area (Å²) in [5.74, 6) is -1.75. The van der Waals surface area contributed by atoms with Crippen LogP contribution in [-0.4, -0.2) is 10.9 Å². The van der Waals surface area contributed by atoms with Gasteiger partial charge in [-0.3, -0.25) is 4.79 Å². The van der Waals surface area contributed by atoms with Crippen LogP contribution in [0.2, 0.25) is 0 Å². The Hall–Kier alpha value is -2.50. The van der Waals surface area contributed by atoms with Crippen LogP contribution in [0.1, 0.15) is 15.9 Å². The summed E-state index contributed by atoms with van der Waals surface area (Å²) in [5, 5.41) is 2.47. The van der Waals surface area contributed by atoms with Crippen LogP contribution in [0.15, 0.2) is 30.5 Å². The SMILES string of the molecule is Cc1c(N)cc(C(=O)Nc2ccc(F)nc2)cc1F. The summed E-state index contributed by atoms with van der Waals surface area (Å²) in [7, 11) is 0. The monoisotopic (exact) mass is 263 g/mol. The van der Waals surface area contributed by atoms with E-state index in [-0.39, 0.29) is 11.3 Å². The molecule has 3 N–H and O–H groups in total. The molecule has 19 heavy (non-hydrogen) atoms. The second kappa shape index (κ2) is 5.01. The van der Waals surface area contributed by atoms with Crippen molar-refractivity contribution in [3.05, 3.63) is 53.4 Å². The number of nitrogens with one attached hydrogen (secondary N) is 1. The minimum absolute atomic E-state index is 0.0879. The first kappa shape index (κ1) is 12.9. The van der Waals surface area contributed by atoms with E-state index in [4.69, 9.17) is 5.73 Å². The first-order valence-electron chi connectivity index (χ1n) is 5.46. The zero-order valence-electron chi connectivity index (χ0n) is 10.1. The normalized spacial score (nSPS) is 10.3. The number of nitrogens with two attached hydrogens (primary N) is 1. The second-order valence-corrected chi connectivity index (χ2v) is 4.00. The van der Waals surface area contributed by atoms with E-state index >= 15 is 0 Å². The molecular formula is C13H11F2N3O. The molecule has 0 aliphatic heterocycles. The first-order chi connectivity index (χ1) is 8.97. The summed E-state index contributed by atoms with van der Waals surface area (Å²) in [4.78, 5) is 15.3. The van der Waals surface area contributed by atoms with Crippen molar-refractivity contribution in [2.75, 3.05) is 11.1 Å². The van der Waals surface area contributed by atoms with Crippen LogP contribution in [-0.2, 0) is 0 Å². The fourth-order valence-electron chi connectivity index (χ4n) is 1.48. The molecule has 4 nitrogen and oxygen atoms in total. The molecule has 1 aromatic carbocycles. The summed E-state index contributed by atoms with van der Waals surface area (Å²) in [5.41, 5.74) is 6.48. The van der Waals surface area contributed by atoms with E-state index in [1.165, 1.54) is 25.3 Å². The molecule has 98 valence electrons. The Labute approximate surface area is 108 Å². The molecule has 0 bridgehead atoms. The summed E-state index contributed by atoms with van der Waals surface area (Å²) in [6, 6.07) is 4.94. The van der Waals surface area contributed by atoms with Gasteiger partial charge in [0.25, 0.3) is 5.91 Å². The fourth-order valence-corrected chi connectivity index (χ4v) is 1.48. The number of amides is 1. The number of carbonyl (C=O) groups is 1. The van der Waals surface area contributed by atoms with E-state index in [1.54, 1.807) is 0 Å². The van der Waals surface area contributed by atoms with Crippen LogP contribution in [0.3, 0.4) is 0 Å². The highest BCUT2D eigenvalue weighted by molar-refractivity contribution is 6.04. The van der Waals surface area contributed by atoms with Gasteiger partial charge in [0.2, 0.25) is 5.95 Å². The average molecular weight is 263 g/mol. The van der Waals surface area contributed by atoms with E-state index in [2.05, 4.69) is 10.3 Å². The standard InChI is InChI=1S/C13H11F2N3O/c1-7-10(14)4-8(5-11(7)16)13(19)18-9-2-3-12(15)17-6-9/h2-6H,16H2,1H3,(H,18,19). The van der Waals surface area contributed by atoms with Crippen molar-refractivity contribution in [2.24, 2.45) is 0 Å². The lowest BCUT2D eigenvalue weighted by atomic mass is 10.1. The molecule has 0 atom stereocenters. The molecule has 0 fully saturated rings. The molecule has 1 heterocycles. The molecule has 0 spiro atoms. The Morgan fingerprint density at radius 2 is 2.05 bits per heavy atom. The minimum atomic E-state index is -0.649. The lowest BCUT2D eigenvalue weighted by Gasteiger charge is -2.07. The smallest absolute Gasteiger partial charge is 0.255 e. The number of nitrogen functional groups attached to an aromatic ring is 1. The fraction of sp³-hybridized carbons (Fsp3) is 0.0769. The molecule has 1 aromatic heterocycles. The number of carbonyl (C=O) groups excluding carboxylic acids is 1. The maximum absolute atomic E-state index is 13.5. The van der Waals surface area contributed by atoms with E-state index in [1.807, 2.05) is 0 Å². The van der Waals surface area contributed by atoms with Crippen molar-refractivity contribution in [3.8, 4) is 0 Å². The predicted molar refractivity (Wildman–Crippen MR) is 67.7 cm³/mol. The van der Waals surface area contributed by atoms with Gasteiger partial charge < -0.3 is 11.1 Å². The average Bonchev–Trinajstić information content (AvgIpc) is 2.38. The number of hydrogen-bond donors (Lipinski definition) is 2. The molecule has 0 unspecified atom stereocenters. The highest BCUT2D eigenvalue weighted by Gasteiger charge is 2.11. The van der Waals surface area contributed by atoms with Crippen LogP contribution < -0.4 is 11.1 Å². The van der Waals surface area contributed by atoms with E-state index in [0.717, 1.165) is 12.1 Å². The van der Waals surface area contributed by atoms with Crippen molar-refractivity contribution < 1.29 is 13.6 Å². The lowest BCUT2D eigenvalue weighted by Crippen LogP contribution is -2.13. The van der Waals surface area contributed by atoms with Crippen molar-refractivity contribution in [1.82, 2.24) is 4.98 Å². The van der Waals surface area contributed by atoms with Crippen LogP contribution in [0.5, 0.6) is 0 Å². The van der Waals surface area contributed by atoms with Gasteiger partial charge in [-0.25, -0.2) is 9.37 Å². The van der Waals surface area contributed by atoms with Gasteiger partial charge in [-0.1, -0.05) is 0 Å². The van der Waals surface area contributed by atoms with E-state index < -0.39 is 17.7 Å². The van der Waals surface area contributed by atoms with E-state index in [9.17, 15) is 13.6 Å². The third-order valence-electron chi connectivity index (χ3n) is 2.63. The van der Waals surface area contributed by atoms with Gasteiger partial charge in [-0.05, 0) is 31.2 Å². The summed E-state index contributed by atoms with van der Waals surface area (Å²) < 4.78 is 26.1. The molecule has 1 amide bonds. The number of anilines is 2. The Bertz CT molecular complexity index is 603. The lowest BCUT2D eigenvalue weighted by molar-refractivity contribution is 0.102. The number of hydrogen-bond acceptors (Lipinski definition) is 3. The number of rotatable bonds is 2. The molecule has 0 saturated carbocycles. The Balaban J connectivity index is 2.23. The largest absolute Gasteiger partial charge is 0.398 e. The molecule has 0 aliphatic rings. The highest BCUT2D eigenvalue weighted by atomic mass is 19.1. The van der Waals surface area contributed by atoms with Crippen LogP contribution >= 0.6 is 0 Å². The molecule has 2 aromatic rings. The van der Waals surface area contributed by atoms with Gasteiger partial charge in [0.1, 0.15) is 5.82 Å². The maximum Gasteiger partial charge on any atom is 0.255 e. The zero-order chi connectivity index (χ0) is 14.0. The second-order valence-electron chi connectivity index (χ2n) is 4.00. The van der Waals surface area contributed by atoms with Crippen molar-refractivity contribution >= 4 is 17.3 Å². The molecule has 0 aliphatic carbocycles. The van der Waals surface area contributed by atoms with Crippen molar-refractivity contribution in [2.45, 2.75) is 6.92 Å². The molecule has 0 saturated heterocycles. The van der Waals surface area contributed by atoms with Crippen LogP contribution in [0.25, 0.3) is 0 Å². The molecular weight excluding hydrogens is 252 g/mol. The van der Waals surface area contributed by atoms with Crippen molar-refractivity contribution in [1.29, 1.82) is 0 Å². The Morgan fingerprint density at radius 3 is 2.63 bits per heavy atom.